The van der Waals surface area contributed by atoms with Crippen molar-refractivity contribution in [2.75, 3.05) is 19.8 Å². The number of amides is 2. The summed E-state index contributed by atoms with van der Waals surface area (Å²) in [6.45, 7) is 0.731. The lowest BCUT2D eigenvalue weighted by Gasteiger charge is -2.44. The number of carbonyl (C=O) groups excluding carboxylic acids is 2. The number of β-amino-alcohol motifs (C(OH)–C–C–N with tert-alkyl or cyclic N) is 1. The van der Waals surface area contributed by atoms with Crippen LogP contribution in [0.2, 0.25) is 0 Å². The Balaban J connectivity index is 1.38. The van der Waals surface area contributed by atoms with Crippen LogP contribution in [-0.4, -0.2) is 72.0 Å². The van der Waals surface area contributed by atoms with E-state index in [2.05, 4.69) is 5.32 Å². The maximum atomic E-state index is 13.1. The van der Waals surface area contributed by atoms with Crippen molar-refractivity contribution in [2.24, 2.45) is 0 Å². The Labute approximate surface area is 184 Å². The van der Waals surface area contributed by atoms with Crippen LogP contribution >= 0.6 is 0 Å². The highest BCUT2D eigenvalue weighted by atomic mass is 16.5. The molecule has 1 aliphatic carbocycles. The molecule has 2 N–H and O–H groups in total. The Morgan fingerprint density at radius 3 is 2.61 bits per heavy atom. The second-order valence-corrected chi connectivity index (χ2v) is 9.09. The molecule has 0 radical (unpaired) electrons. The number of carbonyl (C=O) groups is 2. The van der Waals surface area contributed by atoms with Crippen LogP contribution < -0.4 is 5.32 Å². The summed E-state index contributed by atoms with van der Waals surface area (Å²) in [5.41, 5.74) is 0.954. The van der Waals surface area contributed by atoms with Gasteiger partial charge >= 0.3 is 0 Å². The molecule has 2 heterocycles. The third-order valence-corrected chi connectivity index (χ3v) is 6.63. The molecule has 0 unspecified atom stereocenters. The minimum Gasteiger partial charge on any atom is -0.389 e. The molecule has 2 saturated heterocycles. The van der Waals surface area contributed by atoms with E-state index in [1.54, 1.807) is 4.90 Å². The van der Waals surface area contributed by atoms with E-state index in [4.69, 9.17) is 9.47 Å². The van der Waals surface area contributed by atoms with E-state index >= 15 is 0 Å². The molecule has 3 aliphatic rings. The average Bonchev–Trinajstić information content (AvgIpc) is 3.25. The Morgan fingerprint density at radius 2 is 1.84 bits per heavy atom. The Bertz CT molecular complexity index is 737. The van der Waals surface area contributed by atoms with Crippen molar-refractivity contribution in [2.45, 2.75) is 81.8 Å². The van der Waals surface area contributed by atoms with Gasteiger partial charge in [0.2, 0.25) is 11.8 Å². The number of benzene rings is 1. The van der Waals surface area contributed by atoms with E-state index in [0.717, 1.165) is 24.8 Å². The fourth-order valence-corrected chi connectivity index (χ4v) is 5.06. The van der Waals surface area contributed by atoms with E-state index < -0.39 is 6.10 Å². The first-order chi connectivity index (χ1) is 15.1. The number of aliphatic hydroxyl groups is 1. The molecule has 170 valence electrons. The summed E-state index contributed by atoms with van der Waals surface area (Å²) in [7, 11) is 0. The van der Waals surface area contributed by atoms with Gasteiger partial charge in [0.1, 0.15) is 6.10 Å². The summed E-state index contributed by atoms with van der Waals surface area (Å²) in [5, 5.41) is 13.4. The molecule has 2 aliphatic heterocycles. The molecule has 31 heavy (non-hydrogen) atoms. The molecule has 4 atom stereocenters. The second kappa shape index (κ2) is 10.6. The van der Waals surface area contributed by atoms with E-state index in [1.807, 2.05) is 30.3 Å². The normalized spacial score (nSPS) is 29.6. The number of ether oxygens (including phenoxy) is 2. The molecular formula is C24H34N2O5. The van der Waals surface area contributed by atoms with Gasteiger partial charge in [-0.2, -0.15) is 0 Å². The zero-order valence-corrected chi connectivity index (χ0v) is 18.1. The number of nitrogens with zero attached hydrogens (tertiary/aromatic N) is 1. The standard InChI is InChI=1S/C24H34N2O5/c27-19-14-26(24(29)12-17-6-2-1-3-7-17)21-11-10-20(31-22(21)16-30-15-19)13-23(28)25-18-8-4-5-9-18/h1-3,6-7,18-22,27H,4-5,8-16H2,(H,25,28)/t19-,20-,21+,22-/m1/s1. The quantitative estimate of drug-likeness (QED) is 0.744. The van der Waals surface area contributed by atoms with Crippen LogP contribution in [0.3, 0.4) is 0 Å². The first-order valence-electron chi connectivity index (χ1n) is 11.6. The van der Waals surface area contributed by atoms with Crippen LogP contribution in [0.5, 0.6) is 0 Å². The first kappa shape index (κ1) is 22.2. The van der Waals surface area contributed by atoms with Crippen molar-refractivity contribution in [3.05, 3.63) is 35.9 Å². The van der Waals surface area contributed by atoms with Gasteiger partial charge in [0, 0.05) is 12.6 Å². The van der Waals surface area contributed by atoms with Crippen molar-refractivity contribution in [1.29, 1.82) is 0 Å². The Morgan fingerprint density at radius 1 is 1.06 bits per heavy atom. The summed E-state index contributed by atoms with van der Waals surface area (Å²) >= 11 is 0. The van der Waals surface area contributed by atoms with Crippen LogP contribution in [0, 0.1) is 0 Å². The molecule has 0 bridgehead atoms. The summed E-state index contributed by atoms with van der Waals surface area (Å²) < 4.78 is 11.9. The van der Waals surface area contributed by atoms with E-state index in [-0.39, 0.29) is 43.2 Å². The topological polar surface area (TPSA) is 88.1 Å². The summed E-state index contributed by atoms with van der Waals surface area (Å²) in [6.07, 6.45) is 5.43. The maximum Gasteiger partial charge on any atom is 0.227 e. The zero-order chi connectivity index (χ0) is 21.6. The highest BCUT2D eigenvalue weighted by molar-refractivity contribution is 5.79. The molecule has 4 rings (SSSR count). The number of nitrogens with one attached hydrogen (secondary N) is 1. The van der Waals surface area contributed by atoms with Crippen molar-refractivity contribution < 1.29 is 24.2 Å². The summed E-state index contributed by atoms with van der Waals surface area (Å²) in [5.74, 6) is 0.0396. The fraction of sp³-hybridized carbons (Fsp3) is 0.667. The SMILES string of the molecule is O=C(C[C@H]1CC[C@H]2[C@@H](COC[C@H](O)CN2C(=O)Cc2ccccc2)O1)NC1CCCC1. The van der Waals surface area contributed by atoms with Gasteiger partial charge in [-0.15, -0.1) is 0 Å². The molecule has 0 aromatic heterocycles. The number of rotatable bonds is 5. The minimum atomic E-state index is -0.712. The van der Waals surface area contributed by atoms with Crippen LogP contribution in [0.15, 0.2) is 30.3 Å². The lowest BCUT2D eigenvalue weighted by Crippen LogP contribution is -2.58. The average molecular weight is 431 g/mol. The summed E-state index contributed by atoms with van der Waals surface area (Å²) in [4.78, 5) is 27.4. The molecule has 7 heteroatoms. The number of fused-ring (bicyclic) bond motifs is 1. The van der Waals surface area contributed by atoms with Crippen LogP contribution in [0.4, 0.5) is 0 Å². The van der Waals surface area contributed by atoms with E-state index in [9.17, 15) is 14.7 Å². The van der Waals surface area contributed by atoms with Crippen LogP contribution in [0.25, 0.3) is 0 Å². The van der Waals surface area contributed by atoms with Gasteiger partial charge in [-0.05, 0) is 31.2 Å². The van der Waals surface area contributed by atoms with Gasteiger partial charge in [-0.25, -0.2) is 0 Å². The largest absolute Gasteiger partial charge is 0.389 e. The van der Waals surface area contributed by atoms with E-state index in [1.165, 1.54) is 12.8 Å². The predicted octanol–water partition coefficient (Wildman–Crippen LogP) is 1.81. The fourth-order valence-electron chi connectivity index (χ4n) is 5.06. The van der Waals surface area contributed by atoms with E-state index in [0.29, 0.717) is 31.9 Å². The number of aliphatic hydroxyl groups excluding tert-OH is 1. The van der Waals surface area contributed by atoms with Gasteiger partial charge in [0.25, 0.3) is 0 Å². The lowest BCUT2D eigenvalue weighted by molar-refractivity contribution is -0.169. The molecule has 1 aromatic rings. The number of hydrogen-bond acceptors (Lipinski definition) is 5. The van der Waals surface area contributed by atoms with Gasteiger partial charge in [0.05, 0.1) is 44.3 Å². The number of hydrogen-bond donors (Lipinski definition) is 2. The molecular weight excluding hydrogens is 396 g/mol. The maximum absolute atomic E-state index is 13.1. The molecule has 1 saturated carbocycles. The van der Waals surface area contributed by atoms with Gasteiger partial charge in [-0.1, -0.05) is 43.2 Å². The van der Waals surface area contributed by atoms with Crippen LogP contribution in [-0.2, 0) is 25.5 Å². The van der Waals surface area contributed by atoms with Crippen molar-refractivity contribution in [3.8, 4) is 0 Å². The highest BCUT2D eigenvalue weighted by Gasteiger charge is 2.40. The Kier molecular flexibility index (Phi) is 7.58. The van der Waals surface area contributed by atoms with Crippen molar-refractivity contribution >= 4 is 11.8 Å². The third-order valence-electron chi connectivity index (χ3n) is 6.63. The highest BCUT2D eigenvalue weighted by Crippen LogP contribution is 2.28. The van der Waals surface area contributed by atoms with Gasteiger partial charge < -0.3 is 24.8 Å². The Hall–Kier alpha value is -1.96. The minimum absolute atomic E-state index is 0.0109. The lowest BCUT2D eigenvalue weighted by atomic mass is 9.94. The first-order valence-corrected chi connectivity index (χ1v) is 11.6. The molecule has 3 fully saturated rings. The smallest absolute Gasteiger partial charge is 0.227 e. The molecule has 0 spiro atoms. The van der Waals surface area contributed by atoms with Crippen molar-refractivity contribution in [3.63, 3.8) is 0 Å². The van der Waals surface area contributed by atoms with Gasteiger partial charge in [0.15, 0.2) is 0 Å². The van der Waals surface area contributed by atoms with Gasteiger partial charge in [-0.3, -0.25) is 9.59 Å². The molecule has 7 nitrogen and oxygen atoms in total. The van der Waals surface area contributed by atoms with Crippen molar-refractivity contribution in [1.82, 2.24) is 10.2 Å². The molecule has 2 amide bonds. The summed E-state index contributed by atoms with van der Waals surface area (Å²) in [6, 6.07) is 9.81. The second-order valence-electron chi connectivity index (χ2n) is 9.09. The monoisotopic (exact) mass is 430 g/mol. The predicted molar refractivity (Wildman–Crippen MR) is 115 cm³/mol. The van der Waals surface area contributed by atoms with Crippen LogP contribution in [0.1, 0.15) is 50.5 Å². The zero-order valence-electron chi connectivity index (χ0n) is 18.1. The third kappa shape index (κ3) is 6.05. The molecule has 1 aromatic carbocycles.